The zero-order chi connectivity index (χ0) is 35.6. The van der Waals surface area contributed by atoms with Crippen LogP contribution in [0.3, 0.4) is 0 Å². The topological polar surface area (TPSA) is 148 Å². The van der Waals surface area contributed by atoms with Crippen LogP contribution in [-0.2, 0) is 10.0 Å². The number of rotatable bonds is 16. The van der Waals surface area contributed by atoms with E-state index in [0.29, 0.717) is 24.5 Å². The summed E-state index contributed by atoms with van der Waals surface area (Å²) in [4.78, 5) is 17.9. The third-order valence-electron chi connectivity index (χ3n) is 9.28. The normalized spacial score (nSPS) is 14.4. The van der Waals surface area contributed by atoms with Crippen molar-refractivity contribution in [3.8, 4) is 5.75 Å². The Bertz CT molecular complexity index is 1990. The second-order valence-corrected chi connectivity index (χ2v) is 14.8. The zero-order valence-electron chi connectivity index (χ0n) is 29.0. The fraction of sp³-hybridized carbons (Fsp3) is 0.359. The second-order valence-electron chi connectivity index (χ2n) is 13.1. The van der Waals surface area contributed by atoms with Crippen molar-refractivity contribution in [1.82, 2.24) is 15.6 Å². The molecule has 1 saturated heterocycles. The third kappa shape index (κ3) is 9.52. The van der Waals surface area contributed by atoms with Gasteiger partial charge in [-0.1, -0.05) is 50.5 Å². The van der Waals surface area contributed by atoms with E-state index in [0.717, 1.165) is 84.9 Å². The van der Waals surface area contributed by atoms with Crippen LogP contribution in [0.4, 0.5) is 21.9 Å². The van der Waals surface area contributed by atoms with E-state index in [1.54, 1.807) is 24.3 Å². The number of sulfonamides is 1. The molecule has 2 heterocycles. The summed E-state index contributed by atoms with van der Waals surface area (Å²) in [6.45, 7) is 5.06. The van der Waals surface area contributed by atoms with Crippen molar-refractivity contribution in [2.24, 2.45) is 0 Å². The molecule has 0 radical (unpaired) electrons. The predicted octanol–water partition coefficient (Wildman–Crippen LogP) is 6.82. The molecule has 11 nitrogen and oxygen atoms in total. The Labute approximate surface area is 299 Å². The molecule has 0 spiro atoms. The van der Waals surface area contributed by atoms with Crippen molar-refractivity contribution < 1.29 is 23.1 Å². The molecule has 4 aromatic carbocycles. The third-order valence-corrected chi connectivity index (χ3v) is 10.7. The largest absolute Gasteiger partial charge is 0.490 e. The van der Waals surface area contributed by atoms with Gasteiger partial charge < -0.3 is 35.7 Å². The van der Waals surface area contributed by atoms with E-state index >= 15 is 0 Å². The first kappa shape index (κ1) is 36.0. The van der Waals surface area contributed by atoms with Gasteiger partial charge in [0, 0.05) is 65.6 Å². The van der Waals surface area contributed by atoms with E-state index in [9.17, 15) is 18.3 Å². The number of benzene rings is 4. The molecule has 1 aliphatic heterocycles. The molecule has 5 aromatic rings. The molecule has 1 atom stereocenters. The molecule has 6 rings (SSSR count). The maximum absolute atomic E-state index is 13.0. The minimum atomic E-state index is -3.81. The summed E-state index contributed by atoms with van der Waals surface area (Å²) >= 11 is 0. The van der Waals surface area contributed by atoms with Crippen molar-refractivity contribution in [3.63, 3.8) is 0 Å². The Morgan fingerprint density at radius 1 is 0.902 bits per heavy atom. The van der Waals surface area contributed by atoms with Crippen LogP contribution in [0.1, 0.15) is 45.4 Å². The molecule has 51 heavy (non-hydrogen) atoms. The molecule has 6 N–H and O–H groups in total. The van der Waals surface area contributed by atoms with E-state index in [4.69, 9.17) is 4.74 Å². The lowest BCUT2D eigenvalue weighted by Crippen LogP contribution is -2.45. The van der Waals surface area contributed by atoms with Crippen LogP contribution in [0.25, 0.3) is 21.8 Å². The Kier molecular flexibility index (Phi) is 12.0. The average molecular weight is 713 g/mol. The number of hydrogen-bond donors (Lipinski definition) is 6. The number of aromatic amines is 1. The molecule has 1 aromatic heterocycles. The number of amides is 2. The number of piperidine rings is 1. The van der Waals surface area contributed by atoms with E-state index in [-0.39, 0.29) is 23.6 Å². The quantitative estimate of drug-likeness (QED) is 0.0616. The first-order chi connectivity index (χ1) is 24.8. The molecule has 12 heteroatoms. The number of anilines is 3. The fourth-order valence-corrected chi connectivity index (χ4v) is 7.54. The van der Waals surface area contributed by atoms with Crippen molar-refractivity contribution in [2.45, 2.75) is 62.5 Å². The maximum Gasteiger partial charge on any atom is 0.319 e. The van der Waals surface area contributed by atoms with E-state index in [1.165, 1.54) is 12.1 Å². The Morgan fingerprint density at radius 3 is 2.39 bits per heavy atom. The molecule has 2 amide bonds. The van der Waals surface area contributed by atoms with Gasteiger partial charge in [0.1, 0.15) is 18.5 Å². The van der Waals surface area contributed by atoms with Gasteiger partial charge in [-0.2, -0.15) is 0 Å². The number of unbranched alkanes of at least 4 members (excludes halogenated alkanes) is 3. The van der Waals surface area contributed by atoms with Crippen LogP contribution < -0.4 is 30.3 Å². The van der Waals surface area contributed by atoms with Crippen LogP contribution in [0.2, 0.25) is 0 Å². The highest BCUT2D eigenvalue weighted by Gasteiger charge is 2.21. The lowest BCUT2D eigenvalue weighted by atomic mass is 10.0. The van der Waals surface area contributed by atoms with Crippen LogP contribution in [0.15, 0.2) is 95.9 Å². The zero-order valence-corrected chi connectivity index (χ0v) is 29.8. The van der Waals surface area contributed by atoms with Crippen LogP contribution in [-0.4, -0.2) is 69.5 Å². The van der Waals surface area contributed by atoms with Gasteiger partial charge >= 0.3 is 6.03 Å². The highest BCUT2D eigenvalue weighted by Crippen LogP contribution is 2.33. The number of nitrogens with zero attached hydrogens (tertiary/aromatic N) is 1. The molecule has 270 valence electrons. The summed E-state index contributed by atoms with van der Waals surface area (Å²) in [5.41, 5.74) is 4.08. The van der Waals surface area contributed by atoms with Gasteiger partial charge in [-0.25, -0.2) is 13.2 Å². The smallest absolute Gasteiger partial charge is 0.319 e. The SMILES string of the molecule is CCCCCCNC(=O)Nc1ccc(S(=O)(=O)Nc2ccc(N3CCC(NCC(O)COc4cccc5[nH]c6ccccc6c45)CC3)cc2)cc1. The van der Waals surface area contributed by atoms with Crippen LogP contribution >= 0.6 is 0 Å². The number of aliphatic hydroxyl groups excluding tert-OH is 1. The predicted molar refractivity (Wildman–Crippen MR) is 205 cm³/mol. The average Bonchev–Trinajstić information content (AvgIpc) is 3.53. The minimum absolute atomic E-state index is 0.106. The maximum atomic E-state index is 13.0. The van der Waals surface area contributed by atoms with Gasteiger partial charge in [-0.3, -0.25) is 4.72 Å². The van der Waals surface area contributed by atoms with Gasteiger partial charge in [0.05, 0.1) is 10.4 Å². The number of hydrogen-bond acceptors (Lipinski definition) is 7. The first-order valence-corrected chi connectivity index (χ1v) is 19.3. The Hall–Kier alpha value is -4.78. The monoisotopic (exact) mass is 712 g/mol. The summed E-state index contributed by atoms with van der Waals surface area (Å²) < 4.78 is 34.8. The summed E-state index contributed by atoms with van der Waals surface area (Å²) in [5.74, 6) is 0.758. The number of H-pyrrole nitrogens is 1. The van der Waals surface area contributed by atoms with Gasteiger partial charge in [0.15, 0.2) is 0 Å². The first-order valence-electron chi connectivity index (χ1n) is 17.9. The van der Waals surface area contributed by atoms with Crippen LogP contribution in [0, 0.1) is 0 Å². The van der Waals surface area contributed by atoms with Gasteiger partial charge in [0.2, 0.25) is 0 Å². The number of fused-ring (bicyclic) bond motifs is 3. The molecular weight excluding hydrogens is 665 g/mol. The standard InChI is InChI=1S/C39H48N6O5S/c1-2-3-4-7-23-40-39(47)42-29-15-19-33(20-16-29)51(48,49)44-30-13-17-31(18-14-30)45-24-21-28(22-25-45)41-26-32(46)27-50-37-12-8-11-36-38(37)34-9-5-6-10-35(34)43-36/h5-6,8-20,28,32,41,43-44,46H,2-4,7,21-27H2,1H3,(H2,40,42,47). The number of carbonyl (C=O) groups is 1. The van der Waals surface area contributed by atoms with Crippen molar-refractivity contribution >= 4 is 54.9 Å². The van der Waals surface area contributed by atoms with Crippen molar-refractivity contribution in [1.29, 1.82) is 0 Å². The number of para-hydroxylation sites is 1. The van der Waals surface area contributed by atoms with Crippen molar-refractivity contribution in [2.75, 3.05) is 47.7 Å². The molecular formula is C39H48N6O5S. The highest BCUT2D eigenvalue weighted by atomic mass is 32.2. The van der Waals surface area contributed by atoms with Gasteiger partial charge in [0.25, 0.3) is 10.0 Å². The van der Waals surface area contributed by atoms with E-state index in [2.05, 4.69) is 43.5 Å². The summed E-state index contributed by atoms with van der Waals surface area (Å²) in [5, 5.41) is 21.9. The number of urea groups is 1. The second kappa shape index (κ2) is 17.0. The number of ether oxygens (including phenoxy) is 1. The summed E-state index contributed by atoms with van der Waals surface area (Å²) in [7, 11) is -3.81. The van der Waals surface area contributed by atoms with Gasteiger partial charge in [-0.15, -0.1) is 0 Å². The molecule has 0 bridgehead atoms. The molecule has 0 aliphatic carbocycles. The van der Waals surface area contributed by atoms with E-state index < -0.39 is 16.1 Å². The lowest BCUT2D eigenvalue weighted by molar-refractivity contribution is 0.103. The number of nitrogens with one attached hydrogen (secondary N) is 5. The molecule has 1 unspecified atom stereocenters. The van der Waals surface area contributed by atoms with Crippen molar-refractivity contribution in [3.05, 3.63) is 91.0 Å². The van der Waals surface area contributed by atoms with E-state index in [1.807, 2.05) is 48.5 Å². The van der Waals surface area contributed by atoms with Crippen LogP contribution in [0.5, 0.6) is 5.75 Å². The molecule has 1 aliphatic rings. The summed E-state index contributed by atoms with van der Waals surface area (Å²) in [6.07, 6.45) is 5.47. The molecule has 1 fully saturated rings. The van der Waals surface area contributed by atoms with Gasteiger partial charge in [-0.05, 0) is 86.0 Å². The number of aliphatic hydroxyl groups is 1. The molecule has 0 saturated carbocycles. The lowest BCUT2D eigenvalue weighted by Gasteiger charge is -2.34. The highest BCUT2D eigenvalue weighted by molar-refractivity contribution is 7.92. The number of carbonyl (C=O) groups excluding carboxylic acids is 1. The Balaban J connectivity index is 0.919. The Morgan fingerprint density at radius 2 is 1.63 bits per heavy atom. The summed E-state index contributed by atoms with van der Waals surface area (Å²) in [6, 6.07) is 27.5. The number of aromatic nitrogens is 1. The minimum Gasteiger partial charge on any atom is -0.490 e. The fourth-order valence-electron chi connectivity index (χ4n) is 6.48.